The van der Waals surface area contributed by atoms with Crippen molar-refractivity contribution in [3.63, 3.8) is 0 Å². The SMILES string of the molecule is Cc1cc(OCCCC2CCN(C(=O)/N=C(\N)C(F)F)CC2)ccc1C(=O)NCC(C)(C)CN. The van der Waals surface area contributed by atoms with Crippen LogP contribution in [-0.4, -0.2) is 61.9 Å². The van der Waals surface area contributed by atoms with Gasteiger partial charge in [0.2, 0.25) is 0 Å². The average molecular weight is 482 g/mol. The minimum absolute atomic E-state index is 0.127. The third-order valence-electron chi connectivity index (χ3n) is 6.08. The van der Waals surface area contributed by atoms with Crippen LogP contribution in [0.3, 0.4) is 0 Å². The number of rotatable bonds is 10. The highest BCUT2D eigenvalue weighted by Crippen LogP contribution is 2.23. The molecule has 0 spiro atoms. The lowest BCUT2D eigenvalue weighted by atomic mass is 9.92. The van der Waals surface area contributed by atoms with Crippen LogP contribution in [0.4, 0.5) is 13.6 Å². The molecule has 1 heterocycles. The summed E-state index contributed by atoms with van der Waals surface area (Å²) in [4.78, 5) is 29.1. The molecule has 0 aromatic heterocycles. The smallest absolute Gasteiger partial charge is 0.345 e. The number of piperidine rings is 1. The first-order valence-electron chi connectivity index (χ1n) is 11.6. The normalized spacial score (nSPS) is 15.5. The second-order valence-corrected chi connectivity index (χ2v) is 9.57. The Hall–Kier alpha value is -2.75. The van der Waals surface area contributed by atoms with E-state index in [1.54, 1.807) is 12.1 Å². The van der Waals surface area contributed by atoms with E-state index in [-0.39, 0.29) is 11.3 Å². The quantitative estimate of drug-likeness (QED) is 0.269. The molecule has 8 nitrogen and oxygen atoms in total. The van der Waals surface area contributed by atoms with Crippen molar-refractivity contribution in [2.45, 2.75) is 52.9 Å². The van der Waals surface area contributed by atoms with Gasteiger partial charge in [0.05, 0.1) is 6.61 Å². The van der Waals surface area contributed by atoms with E-state index in [0.717, 1.165) is 31.2 Å². The monoisotopic (exact) mass is 481 g/mol. The summed E-state index contributed by atoms with van der Waals surface area (Å²) in [7, 11) is 0. The van der Waals surface area contributed by atoms with Gasteiger partial charge in [-0.15, -0.1) is 0 Å². The predicted molar refractivity (Wildman–Crippen MR) is 128 cm³/mol. The minimum atomic E-state index is -2.92. The van der Waals surface area contributed by atoms with Crippen LogP contribution in [0, 0.1) is 18.3 Å². The number of halogens is 2. The number of ether oxygens (including phenoxy) is 1. The number of nitrogens with zero attached hydrogens (tertiary/aromatic N) is 2. The number of aryl methyl sites for hydroxylation is 1. The molecule has 1 aliphatic heterocycles. The fraction of sp³-hybridized carbons (Fsp3) is 0.625. The fourth-order valence-corrected chi connectivity index (χ4v) is 3.67. The van der Waals surface area contributed by atoms with Crippen LogP contribution in [0.1, 0.15) is 55.5 Å². The summed E-state index contributed by atoms with van der Waals surface area (Å²) in [5.41, 5.74) is 12.1. The molecule has 0 atom stereocenters. The second-order valence-electron chi connectivity index (χ2n) is 9.57. The number of nitrogens with one attached hydrogen (secondary N) is 1. The molecule has 0 saturated carbocycles. The van der Waals surface area contributed by atoms with Crippen LogP contribution >= 0.6 is 0 Å². The van der Waals surface area contributed by atoms with Gasteiger partial charge in [-0.3, -0.25) is 4.79 Å². The maximum absolute atomic E-state index is 12.5. The molecule has 1 fully saturated rings. The highest BCUT2D eigenvalue weighted by Gasteiger charge is 2.23. The number of aliphatic imine (C=N–C) groups is 1. The van der Waals surface area contributed by atoms with Crippen LogP contribution in [0.25, 0.3) is 0 Å². The number of carbonyl (C=O) groups is 2. The molecule has 1 aromatic carbocycles. The number of nitrogens with two attached hydrogens (primary N) is 2. The molecule has 1 saturated heterocycles. The number of amidine groups is 1. The Morgan fingerprint density at radius 2 is 1.97 bits per heavy atom. The molecule has 0 unspecified atom stereocenters. The summed E-state index contributed by atoms with van der Waals surface area (Å²) in [6.45, 7) is 8.38. The van der Waals surface area contributed by atoms with Crippen molar-refractivity contribution in [1.82, 2.24) is 10.2 Å². The van der Waals surface area contributed by atoms with E-state index in [2.05, 4.69) is 10.3 Å². The molecule has 10 heteroatoms. The van der Waals surface area contributed by atoms with E-state index < -0.39 is 18.3 Å². The molecule has 0 radical (unpaired) electrons. The zero-order valence-corrected chi connectivity index (χ0v) is 20.3. The van der Waals surface area contributed by atoms with E-state index in [9.17, 15) is 18.4 Å². The summed E-state index contributed by atoms with van der Waals surface area (Å²) in [6, 6.07) is 4.73. The van der Waals surface area contributed by atoms with Crippen molar-refractivity contribution in [3.8, 4) is 5.75 Å². The molecule has 0 aliphatic carbocycles. The molecule has 2 rings (SSSR count). The summed E-state index contributed by atoms with van der Waals surface area (Å²) >= 11 is 0. The van der Waals surface area contributed by atoms with Gasteiger partial charge < -0.3 is 26.4 Å². The fourth-order valence-electron chi connectivity index (χ4n) is 3.67. The Bertz CT molecular complexity index is 868. The summed E-state index contributed by atoms with van der Waals surface area (Å²) in [5.74, 6) is 0.0857. The number of benzene rings is 1. The zero-order chi connectivity index (χ0) is 25.3. The van der Waals surface area contributed by atoms with Crippen molar-refractivity contribution in [1.29, 1.82) is 0 Å². The molecule has 5 N–H and O–H groups in total. The van der Waals surface area contributed by atoms with Crippen LogP contribution in [0.2, 0.25) is 0 Å². The first-order valence-corrected chi connectivity index (χ1v) is 11.6. The van der Waals surface area contributed by atoms with Crippen LogP contribution in [0.15, 0.2) is 23.2 Å². The zero-order valence-electron chi connectivity index (χ0n) is 20.3. The first-order chi connectivity index (χ1) is 16.0. The molecule has 1 aliphatic rings. The third-order valence-corrected chi connectivity index (χ3v) is 6.08. The van der Waals surface area contributed by atoms with Gasteiger partial charge in [-0.1, -0.05) is 13.8 Å². The van der Waals surface area contributed by atoms with E-state index in [1.807, 2.05) is 26.8 Å². The second kappa shape index (κ2) is 12.6. The number of alkyl halides is 2. The van der Waals surface area contributed by atoms with E-state index in [0.29, 0.717) is 50.0 Å². The Morgan fingerprint density at radius 1 is 1.29 bits per heavy atom. The number of amides is 3. The van der Waals surface area contributed by atoms with Crippen LogP contribution in [0.5, 0.6) is 5.75 Å². The lowest BCUT2D eigenvalue weighted by Crippen LogP contribution is -2.38. The van der Waals surface area contributed by atoms with E-state index >= 15 is 0 Å². The highest BCUT2D eigenvalue weighted by molar-refractivity contribution is 5.96. The molecular weight excluding hydrogens is 444 g/mol. The largest absolute Gasteiger partial charge is 0.494 e. The molecule has 34 heavy (non-hydrogen) atoms. The van der Waals surface area contributed by atoms with Crippen molar-refractivity contribution in [2.24, 2.45) is 27.8 Å². The van der Waals surface area contributed by atoms with Gasteiger partial charge in [0.25, 0.3) is 12.3 Å². The van der Waals surface area contributed by atoms with Gasteiger partial charge in [0, 0.05) is 25.2 Å². The number of carbonyl (C=O) groups excluding carboxylic acids is 2. The molecular formula is C24H37F2N5O3. The standard InChI is InChI=1S/C24H37F2N5O3/c1-16-13-18(6-7-19(16)22(32)29-15-24(2,3)14-27)34-12-4-5-17-8-10-31(11-9-17)23(33)30-21(28)20(25)26/h6-7,13,17,20H,4-5,8-12,14-15,27H2,1-3H3,(H,29,32)(H2,28,30,33). The maximum atomic E-state index is 12.5. The van der Waals surface area contributed by atoms with E-state index in [1.165, 1.54) is 4.90 Å². The van der Waals surface area contributed by atoms with Gasteiger partial charge in [-0.2, -0.15) is 4.99 Å². The van der Waals surface area contributed by atoms with Gasteiger partial charge in [-0.05, 0) is 74.2 Å². The minimum Gasteiger partial charge on any atom is -0.494 e. The Kier molecular flexibility index (Phi) is 10.2. The first kappa shape index (κ1) is 27.5. The number of hydrogen-bond acceptors (Lipinski definition) is 4. The predicted octanol–water partition coefficient (Wildman–Crippen LogP) is 3.32. The van der Waals surface area contributed by atoms with Crippen LogP contribution < -0.4 is 21.5 Å². The number of urea groups is 1. The lowest BCUT2D eigenvalue weighted by molar-refractivity contribution is 0.0937. The Morgan fingerprint density at radius 3 is 2.56 bits per heavy atom. The maximum Gasteiger partial charge on any atom is 0.345 e. The molecule has 3 amide bonds. The van der Waals surface area contributed by atoms with Gasteiger partial charge >= 0.3 is 6.03 Å². The summed E-state index contributed by atoms with van der Waals surface area (Å²) in [6.07, 6.45) is 0.456. The van der Waals surface area contributed by atoms with Gasteiger partial charge in [0.1, 0.15) is 5.75 Å². The summed E-state index contributed by atoms with van der Waals surface area (Å²) in [5, 5.41) is 2.93. The van der Waals surface area contributed by atoms with Crippen LogP contribution in [-0.2, 0) is 0 Å². The van der Waals surface area contributed by atoms with Gasteiger partial charge in [0.15, 0.2) is 5.84 Å². The van der Waals surface area contributed by atoms with Gasteiger partial charge in [-0.25, -0.2) is 13.6 Å². The molecule has 0 bridgehead atoms. The lowest BCUT2D eigenvalue weighted by Gasteiger charge is -2.30. The number of hydrogen-bond donors (Lipinski definition) is 3. The molecule has 1 aromatic rings. The van der Waals surface area contributed by atoms with E-state index in [4.69, 9.17) is 16.2 Å². The highest BCUT2D eigenvalue weighted by atomic mass is 19.3. The number of likely N-dealkylation sites (tertiary alicyclic amines) is 1. The Labute approximate surface area is 200 Å². The Balaban J connectivity index is 1.71. The summed E-state index contributed by atoms with van der Waals surface area (Å²) < 4.78 is 30.7. The molecule has 190 valence electrons. The third kappa shape index (κ3) is 8.55. The van der Waals surface area contributed by atoms with Crippen molar-refractivity contribution in [2.75, 3.05) is 32.8 Å². The average Bonchev–Trinajstić information content (AvgIpc) is 2.80. The van der Waals surface area contributed by atoms with Crippen molar-refractivity contribution in [3.05, 3.63) is 29.3 Å². The van der Waals surface area contributed by atoms with Crippen molar-refractivity contribution >= 4 is 17.8 Å². The topological polar surface area (TPSA) is 123 Å². The van der Waals surface area contributed by atoms with Crippen molar-refractivity contribution < 1.29 is 23.1 Å².